The smallest absolute Gasteiger partial charge is 0.312 e. The first-order valence-electron chi connectivity index (χ1n) is 53.4. The Balaban J connectivity index is 0.00000183. The summed E-state index contributed by atoms with van der Waals surface area (Å²) in [6, 6.07) is -2.58. The fourth-order valence-corrected chi connectivity index (χ4v) is 28.9. The highest BCUT2D eigenvalue weighted by Gasteiger charge is 2.44. The van der Waals surface area contributed by atoms with Gasteiger partial charge in [0.1, 0.15) is 36.5 Å². The number of urea groups is 2. The molecule has 0 aromatic heterocycles. The maximum absolute atomic E-state index is 13.7. The molecule has 16 amide bonds. The molecular weight excluding hydrogens is 2060 g/mol. The van der Waals surface area contributed by atoms with Gasteiger partial charge in [-0.15, -0.1) is 47.0 Å². The van der Waals surface area contributed by atoms with Crippen molar-refractivity contribution in [2.45, 2.75) is 381 Å². The van der Waals surface area contributed by atoms with Crippen molar-refractivity contribution in [1.82, 2.24) is 66.4 Å². The third kappa shape index (κ3) is 61.1. The minimum atomic E-state index is -3.42. The van der Waals surface area contributed by atoms with E-state index < -0.39 is 71.2 Å². The van der Waals surface area contributed by atoms with Crippen LogP contribution < -0.4 is 58.3 Å². The minimum absolute atomic E-state index is 0.0404. The molecule has 0 aromatic carbocycles. The lowest BCUT2D eigenvalue weighted by molar-refractivity contribution is -0.139. The molecule has 856 valence electrons. The molecule has 0 saturated carbocycles. The van der Waals surface area contributed by atoms with Gasteiger partial charge in [-0.1, -0.05) is 180 Å². The first-order valence-corrected chi connectivity index (χ1v) is 66.6. The molecule has 4 fully saturated rings. The van der Waals surface area contributed by atoms with Gasteiger partial charge in [-0.05, 0) is 179 Å². The van der Waals surface area contributed by atoms with Gasteiger partial charge >= 0.3 is 12.1 Å². The van der Waals surface area contributed by atoms with Gasteiger partial charge in [0.15, 0.2) is 0 Å². The standard InChI is InChI=1S/C24H42N3O5PS2.C21H43N4O5P.C21H42N4O3.C20H40N3O5PS2.C15H27NO4S2/c1-16(2)8-13-33(32,12-7-10-26-21(28)14-19(23(26)30)34-17(3)4)25-9-11-27-22(29)15-20(24(27)31)35-18(5)6;1-14(2)13-17(15(3)4)19(26)25-18(9-7-10-24-21(22)28)20(27)23-11-8-12-31(29,30)16(5)6;1-14(2)9-7-11-23-20(27)18(10-8-12-24-21(22)28)25-19(26)17(16(5)6)13-15(3)4;1-15(2)8-9-21-29(26,13-10-22-31(27,28)17(5)6)12-7-11-23-19(24)14-18(20(23)25)30-16(3)4;1-11(2)6-9-22(19,20)8-5-7-16-14(17)10-13(15(16)18)21-12(3)4/h16-20H,7-15H2,1-6H3,(H,25,32);14-18H,7-13H2,1-6H3,(H,23,27)(H,25,26)(H,29,30)(H3,22,24,28);14-18H,7-13H2,1-6H3,(H,23,27)(H,25,26)(H3,22,24,28);15-18,22H,7-14H2,1-6H3,(H,21,26);11-13H,5-10H2,1-4H3/t;2*17-,18-;;/m.00../s1. The zero-order valence-corrected chi connectivity index (χ0v) is 102. The second-order valence-corrected chi connectivity index (χ2v) is 64.5. The quantitative estimate of drug-likeness (QED) is 0.0153. The fraction of sp³-hybridized carbons (Fsp3) is 0.861. The average molecular weight is 2260 g/mol. The van der Waals surface area contributed by atoms with Gasteiger partial charge in [0, 0.05) is 146 Å². The van der Waals surface area contributed by atoms with Gasteiger partial charge in [0.25, 0.3) is 0 Å². The molecule has 7 unspecified atom stereocenters. The van der Waals surface area contributed by atoms with Crippen molar-refractivity contribution in [2.75, 3.05) is 114 Å². The van der Waals surface area contributed by atoms with Crippen LogP contribution in [0.2, 0.25) is 0 Å². The van der Waals surface area contributed by atoms with E-state index in [1.165, 1.54) is 66.6 Å². The van der Waals surface area contributed by atoms with Crippen LogP contribution >= 0.6 is 69.0 Å². The van der Waals surface area contributed by atoms with E-state index in [9.17, 15) is 103 Å². The summed E-state index contributed by atoms with van der Waals surface area (Å²) in [5.41, 5.74) is 9.82. The summed E-state index contributed by atoms with van der Waals surface area (Å²) in [5, 5.41) is 22.1. The number of nitrogens with two attached hydrogens (primary N) is 2. The van der Waals surface area contributed by atoms with Gasteiger partial charge in [0.05, 0.1) is 37.8 Å². The van der Waals surface area contributed by atoms with Crippen LogP contribution in [0.1, 0.15) is 316 Å². The molecule has 0 aromatic rings. The Bertz CT molecular complexity index is 4400. The summed E-state index contributed by atoms with van der Waals surface area (Å²) in [6.07, 6.45) is 11.6. The van der Waals surface area contributed by atoms with E-state index in [1.807, 2.05) is 96.9 Å². The van der Waals surface area contributed by atoms with Gasteiger partial charge < -0.3 is 57.4 Å². The Morgan fingerprint density at radius 2 is 0.680 bits per heavy atom. The molecule has 4 aliphatic heterocycles. The largest absolute Gasteiger partial charge is 0.354 e. The van der Waals surface area contributed by atoms with Gasteiger partial charge in [0.2, 0.25) is 88.3 Å². The molecule has 0 radical (unpaired) electrons. The van der Waals surface area contributed by atoms with E-state index in [0.29, 0.717) is 138 Å². The zero-order chi connectivity index (χ0) is 113. The number of nitrogens with one attached hydrogen (secondary N) is 9. The van der Waals surface area contributed by atoms with Crippen molar-refractivity contribution in [3.05, 3.63) is 0 Å². The molecular formula is C101H194N15O22P3S6. The molecule has 4 aliphatic rings. The van der Waals surface area contributed by atoms with E-state index in [2.05, 4.69) is 116 Å². The number of carbonyl (C=O) groups excluding carboxylic acids is 14. The van der Waals surface area contributed by atoms with Crippen molar-refractivity contribution in [3.8, 4) is 0 Å². The molecule has 4 rings (SSSR count). The number of primary amides is 2. The number of hydrogen-bond donors (Lipinski definition) is 12. The molecule has 14 N–H and O–H groups in total. The van der Waals surface area contributed by atoms with Gasteiger partial charge in [-0.2, -0.15) is 0 Å². The summed E-state index contributed by atoms with van der Waals surface area (Å²) < 4.78 is 89.5. The molecule has 0 aliphatic carbocycles. The van der Waals surface area contributed by atoms with Crippen LogP contribution in [-0.2, 0) is 91.1 Å². The molecule has 0 spiro atoms. The Morgan fingerprint density at radius 3 is 1.01 bits per heavy atom. The molecule has 4 heterocycles. The van der Waals surface area contributed by atoms with E-state index >= 15 is 0 Å². The highest BCUT2D eigenvalue weighted by molar-refractivity contribution is 8.02. The molecule has 0 bridgehead atoms. The number of carbonyl (C=O) groups is 14. The van der Waals surface area contributed by atoms with Crippen molar-refractivity contribution in [2.24, 2.45) is 70.6 Å². The number of hydrogen-bond acceptors (Lipinski definition) is 25. The summed E-state index contributed by atoms with van der Waals surface area (Å²) in [7, 11) is -15.4. The third-order valence-electron chi connectivity index (χ3n) is 24.5. The number of amides is 16. The van der Waals surface area contributed by atoms with Crippen molar-refractivity contribution in [1.29, 1.82) is 0 Å². The van der Waals surface area contributed by atoms with Gasteiger partial charge in [-0.3, -0.25) is 91.9 Å². The number of imide groups is 4. The molecule has 46 heteroatoms. The van der Waals surface area contributed by atoms with Crippen LogP contribution in [-0.4, -0.2) is 304 Å². The number of rotatable bonds is 68. The first kappa shape index (κ1) is 142. The number of likely N-dealkylation sites (tertiary alicyclic amines) is 4. The summed E-state index contributed by atoms with van der Waals surface area (Å²) in [4.78, 5) is 186. The van der Waals surface area contributed by atoms with E-state index in [4.69, 9.17) is 11.5 Å². The Labute approximate surface area is 900 Å². The van der Waals surface area contributed by atoms with Gasteiger partial charge in [-0.25, -0.2) is 31.1 Å². The molecule has 37 nitrogen and oxygen atoms in total. The Morgan fingerprint density at radius 1 is 0.354 bits per heavy atom. The lowest BCUT2D eigenvalue weighted by Crippen LogP contribution is -2.49. The number of nitrogens with zero attached hydrogens (tertiary/aromatic N) is 4. The predicted octanol–water partition coefficient (Wildman–Crippen LogP) is 14.0. The van der Waals surface area contributed by atoms with E-state index in [-0.39, 0.29) is 238 Å². The summed E-state index contributed by atoms with van der Waals surface area (Å²) in [5.74, 6) is 0.732. The topological polar surface area (TPSA) is 552 Å². The second kappa shape index (κ2) is 72.5. The molecule has 4 saturated heterocycles. The maximum Gasteiger partial charge on any atom is 0.312 e. The van der Waals surface area contributed by atoms with Crippen molar-refractivity contribution in [3.63, 3.8) is 0 Å². The summed E-state index contributed by atoms with van der Waals surface area (Å²) >= 11 is 6.02. The average Bonchev–Trinajstić information content (AvgIpc) is 1.67. The van der Waals surface area contributed by atoms with Crippen molar-refractivity contribution >= 4 is 172 Å². The predicted molar refractivity (Wildman–Crippen MR) is 603 cm³/mol. The Kier molecular flexibility index (Phi) is 70.0. The third-order valence-corrected chi connectivity index (χ3v) is 41.2. The van der Waals surface area contributed by atoms with Crippen LogP contribution in [0.3, 0.4) is 0 Å². The normalized spacial score (nSPS) is 18.4. The summed E-state index contributed by atoms with van der Waals surface area (Å²) in [6.45, 7) is 59.0. The SMILES string of the molecule is CC(C)CCCNC(=O)[C@H](CCCNC(N)=O)NC(=O)[C@@H](CC(C)C)C(C)C.CC(C)CCNP(=O)(CCCN1C(=O)CC(SC(C)C)C1=O)CCNS(=O)(=O)C(C)C.CC(C)CCP(=O)(CCCN1C(=O)CC(SC(C)C)C1=O)NCCN1C(=O)CC(SC(C)C)C1=O.CC(C)CCS(=O)(=O)CCCN1C(=O)CC(SC(C)C)C1=O.CC(C)C[C@H](C(=O)N[C@@H](CCCNC(N)=O)C(=O)NCCCP(=O)(O)C(C)C)C(C)C. The minimum Gasteiger partial charge on any atom is -0.354 e. The van der Waals surface area contributed by atoms with Crippen LogP contribution in [0, 0.1) is 59.2 Å². The molecule has 147 heavy (non-hydrogen) atoms. The van der Waals surface area contributed by atoms with Crippen LogP contribution in [0.25, 0.3) is 0 Å². The maximum atomic E-state index is 13.7. The monoisotopic (exact) mass is 2250 g/mol. The number of sulfonamides is 1. The van der Waals surface area contributed by atoms with Crippen LogP contribution in [0.5, 0.6) is 0 Å². The van der Waals surface area contributed by atoms with Crippen LogP contribution in [0.4, 0.5) is 9.59 Å². The zero-order valence-electron chi connectivity index (χ0n) is 94.1. The fourth-order valence-electron chi connectivity index (χ4n) is 15.9. The number of thioether (sulfide) groups is 4. The van der Waals surface area contributed by atoms with E-state index in [0.717, 1.165) is 38.5 Å². The van der Waals surface area contributed by atoms with Crippen molar-refractivity contribution < 1.29 is 103 Å². The lowest BCUT2D eigenvalue weighted by atomic mass is 9.86. The first-order chi connectivity index (χ1) is 68.0. The Hall–Kier alpha value is -5.19. The molecule has 11 atom stereocenters. The highest BCUT2D eigenvalue weighted by Crippen LogP contribution is 2.47. The lowest BCUT2D eigenvalue weighted by Gasteiger charge is -2.26. The second-order valence-electron chi connectivity index (χ2n) is 43.8. The van der Waals surface area contributed by atoms with Crippen LogP contribution in [0.15, 0.2) is 0 Å². The number of sulfone groups is 1. The highest BCUT2D eigenvalue weighted by atomic mass is 32.2. The van der Waals surface area contributed by atoms with E-state index in [1.54, 1.807) is 27.7 Å².